The molecule has 7 heteroatoms. The molecule has 27 heavy (non-hydrogen) atoms. The lowest BCUT2D eigenvalue weighted by Crippen LogP contribution is -2.67. The Morgan fingerprint density at radius 1 is 1.11 bits per heavy atom. The van der Waals surface area contributed by atoms with Gasteiger partial charge in [0.1, 0.15) is 0 Å². The molecule has 0 radical (unpaired) electrons. The zero-order valence-corrected chi connectivity index (χ0v) is 15.9. The van der Waals surface area contributed by atoms with E-state index in [2.05, 4.69) is 19.8 Å². The Labute approximate surface area is 160 Å². The first kappa shape index (κ1) is 17.8. The normalized spacial score (nSPS) is 37.1. The average molecular weight is 374 g/mol. The molecule has 0 aromatic carbocycles. The SMILES string of the molecule is O[C@@]12CCOC[C@@H]1CN(Cc1cnc(N3CCCC3)nc1)[C@H]1CCOC[C@H]12. The smallest absolute Gasteiger partial charge is 0.225 e. The summed E-state index contributed by atoms with van der Waals surface area (Å²) in [6, 6.07) is 0.358. The molecule has 5 rings (SSSR count). The zero-order chi connectivity index (χ0) is 18.3. The molecule has 1 aromatic rings. The van der Waals surface area contributed by atoms with Crippen LogP contribution in [0.3, 0.4) is 0 Å². The van der Waals surface area contributed by atoms with E-state index in [0.29, 0.717) is 25.9 Å². The highest BCUT2D eigenvalue weighted by molar-refractivity contribution is 5.31. The largest absolute Gasteiger partial charge is 0.389 e. The first-order valence-corrected chi connectivity index (χ1v) is 10.4. The third-order valence-corrected chi connectivity index (χ3v) is 7.02. The number of anilines is 1. The fourth-order valence-corrected chi connectivity index (χ4v) is 5.49. The van der Waals surface area contributed by atoms with Gasteiger partial charge >= 0.3 is 0 Å². The van der Waals surface area contributed by atoms with Gasteiger partial charge in [0.15, 0.2) is 0 Å². The van der Waals surface area contributed by atoms with Crippen LogP contribution in [0, 0.1) is 11.8 Å². The molecule has 4 fully saturated rings. The van der Waals surface area contributed by atoms with Crippen molar-refractivity contribution in [2.75, 3.05) is 51.0 Å². The first-order valence-electron chi connectivity index (χ1n) is 10.4. The average Bonchev–Trinajstić information content (AvgIpc) is 3.24. The van der Waals surface area contributed by atoms with E-state index in [1.807, 2.05) is 12.4 Å². The molecule has 4 atom stereocenters. The Hall–Kier alpha value is -1.28. The Balaban J connectivity index is 1.33. The molecular weight excluding hydrogens is 344 g/mol. The molecule has 1 aromatic heterocycles. The molecule has 4 saturated heterocycles. The summed E-state index contributed by atoms with van der Waals surface area (Å²) in [5.41, 5.74) is 0.501. The minimum absolute atomic E-state index is 0.152. The van der Waals surface area contributed by atoms with Crippen molar-refractivity contribution >= 4 is 5.95 Å². The van der Waals surface area contributed by atoms with Crippen LogP contribution in [0.2, 0.25) is 0 Å². The van der Waals surface area contributed by atoms with E-state index in [-0.39, 0.29) is 11.8 Å². The highest BCUT2D eigenvalue weighted by Crippen LogP contribution is 2.44. The van der Waals surface area contributed by atoms with Crippen LogP contribution in [-0.4, -0.2) is 77.7 Å². The number of aliphatic hydroxyl groups is 1. The fraction of sp³-hybridized carbons (Fsp3) is 0.800. The molecular formula is C20H30N4O3. The second-order valence-electron chi connectivity index (χ2n) is 8.57. The highest BCUT2D eigenvalue weighted by atomic mass is 16.5. The molecule has 7 nitrogen and oxygen atoms in total. The molecule has 0 bridgehead atoms. The Bertz CT molecular complexity index is 651. The Morgan fingerprint density at radius 3 is 2.70 bits per heavy atom. The standard InChI is InChI=1S/C20H30N4O3/c25-20-4-8-27-13-16(20)12-24(18-3-7-26-14-17(18)20)11-15-9-21-19(22-10-15)23-5-1-2-6-23/h9-10,16-18,25H,1-8,11-14H2/t16-,17+,18-,20-/m0/s1. The number of likely N-dealkylation sites (tertiary alicyclic amines) is 1. The molecule has 148 valence electrons. The van der Waals surface area contributed by atoms with E-state index in [0.717, 1.165) is 57.1 Å². The fourth-order valence-electron chi connectivity index (χ4n) is 5.49. The van der Waals surface area contributed by atoms with E-state index in [9.17, 15) is 5.11 Å². The van der Waals surface area contributed by atoms with Gasteiger partial charge in [0.25, 0.3) is 0 Å². The molecule has 0 aliphatic carbocycles. The number of hydrogen-bond donors (Lipinski definition) is 1. The number of ether oxygens (including phenoxy) is 2. The number of nitrogens with zero attached hydrogens (tertiary/aromatic N) is 4. The van der Waals surface area contributed by atoms with Gasteiger partial charge in [0, 0.05) is 81.6 Å². The molecule has 5 heterocycles. The van der Waals surface area contributed by atoms with Gasteiger partial charge in [0.05, 0.1) is 18.8 Å². The maximum absolute atomic E-state index is 11.4. The van der Waals surface area contributed by atoms with Gasteiger partial charge in [-0.25, -0.2) is 9.97 Å². The van der Waals surface area contributed by atoms with E-state index in [4.69, 9.17) is 9.47 Å². The number of hydrogen-bond acceptors (Lipinski definition) is 7. The van der Waals surface area contributed by atoms with Gasteiger partial charge in [-0.3, -0.25) is 4.90 Å². The predicted octanol–water partition coefficient (Wildman–Crippen LogP) is 1.07. The maximum Gasteiger partial charge on any atom is 0.225 e. The maximum atomic E-state index is 11.4. The summed E-state index contributed by atoms with van der Waals surface area (Å²) >= 11 is 0. The number of piperidine rings is 1. The third-order valence-electron chi connectivity index (χ3n) is 7.02. The molecule has 4 aliphatic rings. The third kappa shape index (κ3) is 3.24. The quantitative estimate of drug-likeness (QED) is 0.848. The van der Waals surface area contributed by atoms with Crippen LogP contribution in [0.1, 0.15) is 31.2 Å². The van der Waals surface area contributed by atoms with E-state index in [1.165, 1.54) is 12.8 Å². The summed E-state index contributed by atoms with van der Waals surface area (Å²) in [6.45, 7) is 6.55. The van der Waals surface area contributed by atoms with Gasteiger partial charge in [-0.2, -0.15) is 0 Å². The summed E-state index contributed by atoms with van der Waals surface area (Å²) < 4.78 is 11.5. The van der Waals surface area contributed by atoms with Crippen LogP contribution in [0.25, 0.3) is 0 Å². The first-order chi connectivity index (χ1) is 13.2. The molecule has 0 saturated carbocycles. The number of aromatic nitrogens is 2. The van der Waals surface area contributed by atoms with Crippen LogP contribution < -0.4 is 4.90 Å². The minimum atomic E-state index is -0.643. The van der Waals surface area contributed by atoms with E-state index in [1.54, 1.807) is 0 Å². The van der Waals surface area contributed by atoms with Gasteiger partial charge in [-0.05, 0) is 19.3 Å². The predicted molar refractivity (Wildman–Crippen MR) is 100 cm³/mol. The Kier molecular flexibility index (Phi) is 4.80. The van der Waals surface area contributed by atoms with Crippen molar-refractivity contribution in [2.24, 2.45) is 11.8 Å². The molecule has 0 unspecified atom stereocenters. The van der Waals surface area contributed by atoms with Gasteiger partial charge in [-0.15, -0.1) is 0 Å². The summed E-state index contributed by atoms with van der Waals surface area (Å²) in [6.07, 6.45) is 8.13. The van der Waals surface area contributed by atoms with Crippen molar-refractivity contribution < 1.29 is 14.6 Å². The van der Waals surface area contributed by atoms with Crippen molar-refractivity contribution in [3.05, 3.63) is 18.0 Å². The summed E-state index contributed by atoms with van der Waals surface area (Å²) in [5, 5.41) is 11.4. The van der Waals surface area contributed by atoms with Crippen molar-refractivity contribution in [2.45, 2.75) is 43.9 Å². The molecule has 0 spiro atoms. The van der Waals surface area contributed by atoms with Crippen molar-refractivity contribution in [1.29, 1.82) is 0 Å². The second kappa shape index (κ2) is 7.28. The van der Waals surface area contributed by atoms with Crippen molar-refractivity contribution in [3.8, 4) is 0 Å². The molecule has 1 N–H and O–H groups in total. The number of fused-ring (bicyclic) bond motifs is 3. The van der Waals surface area contributed by atoms with Gasteiger partial charge in [0.2, 0.25) is 5.95 Å². The van der Waals surface area contributed by atoms with Crippen LogP contribution in [0.5, 0.6) is 0 Å². The van der Waals surface area contributed by atoms with E-state index >= 15 is 0 Å². The van der Waals surface area contributed by atoms with Gasteiger partial charge < -0.3 is 19.5 Å². The van der Waals surface area contributed by atoms with Crippen LogP contribution in [-0.2, 0) is 16.0 Å². The zero-order valence-electron chi connectivity index (χ0n) is 15.9. The lowest BCUT2D eigenvalue weighted by molar-refractivity contribution is -0.221. The number of rotatable bonds is 3. The minimum Gasteiger partial charge on any atom is -0.389 e. The highest BCUT2D eigenvalue weighted by Gasteiger charge is 2.55. The van der Waals surface area contributed by atoms with Crippen molar-refractivity contribution in [1.82, 2.24) is 14.9 Å². The summed E-state index contributed by atoms with van der Waals surface area (Å²) in [5.74, 6) is 1.17. The summed E-state index contributed by atoms with van der Waals surface area (Å²) in [4.78, 5) is 14.0. The monoisotopic (exact) mass is 374 g/mol. The lowest BCUT2D eigenvalue weighted by atomic mass is 9.66. The van der Waals surface area contributed by atoms with E-state index < -0.39 is 5.60 Å². The van der Waals surface area contributed by atoms with Gasteiger partial charge in [-0.1, -0.05) is 0 Å². The van der Waals surface area contributed by atoms with Crippen molar-refractivity contribution in [3.63, 3.8) is 0 Å². The van der Waals surface area contributed by atoms with Crippen LogP contribution in [0.15, 0.2) is 12.4 Å². The van der Waals surface area contributed by atoms with Crippen LogP contribution in [0.4, 0.5) is 5.95 Å². The summed E-state index contributed by atoms with van der Waals surface area (Å²) in [7, 11) is 0. The Morgan fingerprint density at radius 2 is 1.89 bits per heavy atom. The topological polar surface area (TPSA) is 71.0 Å². The molecule has 0 amide bonds. The lowest BCUT2D eigenvalue weighted by Gasteiger charge is -2.57. The van der Waals surface area contributed by atoms with Crippen LogP contribution >= 0.6 is 0 Å². The second-order valence-corrected chi connectivity index (χ2v) is 8.57. The molecule has 4 aliphatic heterocycles.